The minimum absolute atomic E-state index is 0.0116. The number of thiocarbonyl (C=S) groups is 1. The summed E-state index contributed by atoms with van der Waals surface area (Å²) in [6.07, 6.45) is 0. The molecule has 0 saturated carbocycles. The zero-order valence-corrected chi connectivity index (χ0v) is 17.2. The van der Waals surface area contributed by atoms with Gasteiger partial charge in [0.2, 0.25) is 0 Å². The van der Waals surface area contributed by atoms with E-state index in [2.05, 4.69) is 12.1 Å². The molecule has 0 bridgehead atoms. The Labute approximate surface area is 179 Å². The van der Waals surface area contributed by atoms with Crippen LogP contribution in [0.2, 0.25) is 0 Å². The van der Waals surface area contributed by atoms with Crippen molar-refractivity contribution in [3.63, 3.8) is 0 Å². The highest BCUT2D eigenvalue weighted by molar-refractivity contribution is 7.80. The molecule has 30 heavy (non-hydrogen) atoms. The highest BCUT2D eigenvalue weighted by Gasteiger charge is 2.42. The van der Waals surface area contributed by atoms with E-state index in [4.69, 9.17) is 12.2 Å². The lowest BCUT2D eigenvalue weighted by Crippen LogP contribution is -2.56. The van der Waals surface area contributed by atoms with Crippen molar-refractivity contribution in [2.24, 2.45) is 0 Å². The number of amides is 2. The first-order valence-corrected chi connectivity index (χ1v) is 9.89. The summed E-state index contributed by atoms with van der Waals surface area (Å²) in [6.45, 7) is 4.26. The van der Waals surface area contributed by atoms with Gasteiger partial charge in [0.1, 0.15) is 5.57 Å². The molecule has 2 aliphatic rings. The number of nitriles is 2. The van der Waals surface area contributed by atoms with E-state index in [1.54, 1.807) is 19.9 Å². The van der Waals surface area contributed by atoms with E-state index in [0.717, 1.165) is 5.56 Å². The van der Waals surface area contributed by atoms with Gasteiger partial charge in [-0.2, -0.15) is 10.5 Å². The van der Waals surface area contributed by atoms with Crippen LogP contribution in [0.1, 0.15) is 36.1 Å². The van der Waals surface area contributed by atoms with Crippen LogP contribution < -0.4 is 0 Å². The molecule has 7 heteroatoms. The Kier molecular flexibility index (Phi) is 4.69. The maximum atomic E-state index is 13.4. The van der Waals surface area contributed by atoms with Crippen LogP contribution in [0.3, 0.4) is 0 Å². The molecule has 1 heterocycles. The zero-order chi connectivity index (χ0) is 21.6. The number of carbonyl (C=O) groups is 2. The molecule has 1 aliphatic carbocycles. The van der Waals surface area contributed by atoms with Crippen molar-refractivity contribution in [3.8, 4) is 23.3 Å². The van der Waals surface area contributed by atoms with Crippen LogP contribution in [0.5, 0.6) is 0 Å². The third kappa shape index (κ3) is 2.57. The number of fused-ring (bicyclic) bond motifs is 3. The first kappa shape index (κ1) is 19.5. The normalized spacial score (nSPS) is 15.1. The van der Waals surface area contributed by atoms with Crippen LogP contribution in [0.15, 0.2) is 42.0 Å². The summed E-state index contributed by atoms with van der Waals surface area (Å²) in [6, 6.07) is 14.7. The van der Waals surface area contributed by atoms with E-state index < -0.39 is 11.8 Å². The van der Waals surface area contributed by atoms with Crippen LogP contribution in [0.4, 0.5) is 0 Å². The third-order valence-electron chi connectivity index (χ3n) is 5.39. The number of rotatable bonds is 2. The lowest BCUT2D eigenvalue weighted by molar-refractivity contribution is -0.133. The van der Waals surface area contributed by atoms with E-state index in [1.165, 1.54) is 15.9 Å². The third-order valence-corrected chi connectivity index (χ3v) is 5.83. The van der Waals surface area contributed by atoms with Gasteiger partial charge in [-0.05, 0) is 54.9 Å². The van der Waals surface area contributed by atoms with Crippen molar-refractivity contribution in [1.29, 1.82) is 10.5 Å². The Morgan fingerprint density at radius 3 is 2.00 bits per heavy atom. The smallest absolute Gasteiger partial charge is 0.266 e. The Balaban J connectivity index is 2.14. The lowest BCUT2D eigenvalue weighted by Gasteiger charge is -2.36. The molecular formula is C23H16N4O2S. The predicted molar refractivity (Wildman–Crippen MR) is 115 cm³/mol. The summed E-state index contributed by atoms with van der Waals surface area (Å²) in [7, 11) is 0. The highest BCUT2D eigenvalue weighted by atomic mass is 32.1. The molecule has 0 radical (unpaired) electrons. The minimum Gasteiger partial charge on any atom is -0.285 e. The number of nitrogens with zero attached hydrogens (tertiary/aromatic N) is 4. The fourth-order valence-electron chi connectivity index (χ4n) is 4.07. The molecular weight excluding hydrogens is 396 g/mol. The Morgan fingerprint density at radius 2 is 1.47 bits per heavy atom. The molecule has 2 amide bonds. The second kappa shape index (κ2) is 7.22. The number of hydrogen-bond donors (Lipinski definition) is 0. The summed E-state index contributed by atoms with van der Waals surface area (Å²) in [5.41, 5.74) is 3.71. The van der Waals surface area contributed by atoms with Crippen LogP contribution >= 0.6 is 12.2 Å². The highest BCUT2D eigenvalue weighted by Crippen LogP contribution is 2.48. The molecule has 6 nitrogen and oxygen atoms in total. The SMILES string of the molecule is CCN1C(=O)C(=C2c3ccccc3-c3c(C#N)cc(C#N)cc32)C(=O)N(CC)C1=S. The first-order chi connectivity index (χ1) is 14.5. The Morgan fingerprint density at radius 1 is 0.867 bits per heavy atom. The summed E-state index contributed by atoms with van der Waals surface area (Å²) in [5, 5.41) is 19.3. The first-order valence-electron chi connectivity index (χ1n) is 9.48. The Hall–Kier alpha value is -3.81. The van der Waals surface area contributed by atoms with Crippen LogP contribution in [0, 0.1) is 22.7 Å². The van der Waals surface area contributed by atoms with E-state index in [0.29, 0.717) is 46.5 Å². The van der Waals surface area contributed by atoms with Crippen molar-refractivity contribution in [1.82, 2.24) is 9.80 Å². The molecule has 146 valence electrons. The topological polar surface area (TPSA) is 88.2 Å². The number of hydrogen-bond acceptors (Lipinski definition) is 5. The molecule has 0 N–H and O–H groups in total. The Bertz CT molecular complexity index is 1230. The number of carbonyl (C=O) groups excluding carboxylic acids is 2. The van der Waals surface area contributed by atoms with Crippen LogP contribution in [-0.2, 0) is 9.59 Å². The summed E-state index contributed by atoms with van der Waals surface area (Å²) >= 11 is 5.36. The van der Waals surface area contributed by atoms with Crippen molar-refractivity contribution in [3.05, 3.63) is 64.2 Å². The van der Waals surface area contributed by atoms with E-state index in [1.807, 2.05) is 24.3 Å². The average Bonchev–Trinajstić information content (AvgIpc) is 3.08. The van der Waals surface area contributed by atoms with Gasteiger partial charge in [0.25, 0.3) is 11.8 Å². The van der Waals surface area contributed by atoms with Crippen molar-refractivity contribution in [2.75, 3.05) is 13.1 Å². The zero-order valence-electron chi connectivity index (χ0n) is 16.4. The molecule has 1 fully saturated rings. The van der Waals surface area contributed by atoms with Gasteiger partial charge in [-0.3, -0.25) is 19.4 Å². The van der Waals surface area contributed by atoms with Gasteiger partial charge in [0.05, 0.1) is 23.3 Å². The van der Waals surface area contributed by atoms with E-state index in [9.17, 15) is 20.1 Å². The fourth-order valence-corrected chi connectivity index (χ4v) is 4.49. The standard InChI is InChI=1S/C23H16N4O2S/c1-3-26-21(28)20(22(29)27(4-2)23(26)30)19-16-8-6-5-7-15(16)18-14(12-25)9-13(11-24)10-17(18)19/h5-10H,3-4H2,1-2H3. The maximum absolute atomic E-state index is 13.4. The monoisotopic (exact) mass is 412 g/mol. The minimum atomic E-state index is -0.462. The summed E-state index contributed by atoms with van der Waals surface area (Å²) in [5.74, 6) is -0.925. The quantitative estimate of drug-likeness (QED) is 0.366. The largest absolute Gasteiger partial charge is 0.285 e. The van der Waals surface area contributed by atoms with E-state index in [-0.39, 0.29) is 10.7 Å². The molecule has 2 aromatic carbocycles. The van der Waals surface area contributed by atoms with Crippen molar-refractivity contribution >= 4 is 34.7 Å². The predicted octanol–water partition coefficient (Wildman–Crippen LogP) is 3.21. The molecule has 0 spiro atoms. The van der Waals surface area contributed by atoms with Gasteiger partial charge >= 0.3 is 0 Å². The molecule has 1 saturated heterocycles. The summed E-state index contributed by atoms with van der Waals surface area (Å²) in [4.78, 5) is 29.5. The van der Waals surface area contributed by atoms with Gasteiger partial charge in [0, 0.05) is 24.2 Å². The van der Waals surface area contributed by atoms with Gasteiger partial charge in [0.15, 0.2) is 5.11 Å². The van der Waals surface area contributed by atoms with Crippen LogP contribution in [0.25, 0.3) is 16.7 Å². The molecule has 0 atom stereocenters. The number of benzene rings is 2. The van der Waals surface area contributed by atoms with Gasteiger partial charge in [-0.1, -0.05) is 24.3 Å². The molecule has 0 unspecified atom stereocenters. The molecule has 1 aliphatic heterocycles. The van der Waals surface area contributed by atoms with Gasteiger partial charge in [-0.15, -0.1) is 0 Å². The van der Waals surface area contributed by atoms with Gasteiger partial charge < -0.3 is 0 Å². The molecule has 0 aromatic heterocycles. The number of likely N-dealkylation sites (N-methyl/N-ethyl adjacent to an activating group) is 2. The fraction of sp³-hybridized carbons (Fsp3) is 0.174. The molecule has 2 aromatic rings. The second-order valence-corrected chi connectivity index (χ2v) is 7.21. The van der Waals surface area contributed by atoms with E-state index >= 15 is 0 Å². The summed E-state index contributed by atoms with van der Waals surface area (Å²) < 4.78 is 0. The van der Waals surface area contributed by atoms with Crippen LogP contribution in [-0.4, -0.2) is 39.8 Å². The van der Waals surface area contributed by atoms with Crippen molar-refractivity contribution < 1.29 is 9.59 Å². The average molecular weight is 412 g/mol. The van der Waals surface area contributed by atoms with Gasteiger partial charge in [-0.25, -0.2) is 0 Å². The lowest BCUT2D eigenvalue weighted by atomic mass is 9.93. The molecule has 4 rings (SSSR count). The maximum Gasteiger partial charge on any atom is 0.266 e. The van der Waals surface area contributed by atoms with Crippen molar-refractivity contribution in [2.45, 2.75) is 13.8 Å². The second-order valence-electron chi connectivity index (χ2n) is 6.85.